The van der Waals surface area contributed by atoms with E-state index in [0.29, 0.717) is 43.3 Å². The van der Waals surface area contributed by atoms with Gasteiger partial charge in [0.05, 0.1) is 52.9 Å². The molecule has 2 aromatic rings. The number of rotatable bonds is 23. The lowest BCUT2D eigenvalue weighted by Crippen LogP contribution is -2.60. The van der Waals surface area contributed by atoms with Crippen LogP contribution in [0, 0.1) is 0 Å². The minimum absolute atomic E-state index is 0.00949. The van der Waals surface area contributed by atoms with Gasteiger partial charge in [0.1, 0.15) is 35.7 Å². The number of halogens is 1. The Morgan fingerprint density at radius 3 is 1.98 bits per heavy atom. The van der Waals surface area contributed by atoms with Crippen molar-refractivity contribution in [3.05, 3.63) is 75.6 Å². The molecule has 1 aliphatic heterocycles. The van der Waals surface area contributed by atoms with Crippen LogP contribution in [-0.4, -0.2) is 128 Å². The van der Waals surface area contributed by atoms with Crippen molar-refractivity contribution < 1.29 is 58.2 Å². The van der Waals surface area contributed by atoms with Crippen molar-refractivity contribution in [1.29, 1.82) is 0 Å². The number of phenolic OH excluding ortho intramolecular Hbond substituents is 1. The number of cyclic esters (lactones) is 1. The van der Waals surface area contributed by atoms with E-state index in [1.165, 1.54) is 12.1 Å². The molecule has 0 aromatic heterocycles. The average molecular weight is 870 g/mol. The third-order valence-corrected chi connectivity index (χ3v) is 8.79. The molecule has 5 unspecified atom stereocenters. The second kappa shape index (κ2) is 24.3. The average Bonchev–Trinajstić information content (AvgIpc) is 3.17. The standard InChI is InChI=1S/C36H48IN5O12/c37-20-26-19-27(24-6-8-25(45)9-7-24)32(36(50)54-26)42-33(47)28(18-23-4-2-1-3-5-23)40-35(49)30(22-44)41-34(48)29(21-43)39-31(46)10-12-51-14-16-53-17-15-52-13-11-38/h1-9,20,27-30,32,43-45H,10-19,21-22,38H2,(H,39,46)(H,40,49)(H,41,48)(H,42,47)/b26-20+. The van der Waals surface area contributed by atoms with Gasteiger partial charge in [-0.2, -0.15) is 0 Å². The number of hydrogen-bond acceptors (Lipinski definition) is 13. The zero-order chi connectivity index (χ0) is 39.3. The fraction of sp³-hybridized carbons (Fsp3) is 0.472. The summed E-state index contributed by atoms with van der Waals surface area (Å²) >= 11 is 1.95. The maximum atomic E-state index is 13.9. The van der Waals surface area contributed by atoms with Crippen molar-refractivity contribution in [3.63, 3.8) is 0 Å². The lowest BCUT2D eigenvalue weighted by molar-refractivity contribution is -0.148. The van der Waals surface area contributed by atoms with E-state index in [2.05, 4.69) is 21.3 Å². The number of nitrogens with two attached hydrogens (primary N) is 1. The molecule has 17 nitrogen and oxygen atoms in total. The van der Waals surface area contributed by atoms with Gasteiger partial charge < -0.3 is 61.3 Å². The number of ether oxygens (including phenoxy) is 4. The second-order valence-corrected chi connectivity index (χ2v) is 12.7. The maximum Gasteiger partial charge on any atom is 0.334 e. The van der Waals surface area contributed by atoms with Crippen LogP contribution in [0.15, 0.2) is 64.4 Å². The first kappa shape index (κ1) is 44.2. The minimum atomic E-state index is -1.58. The summed E-state index contributed by atoms with van der Waals surface area (Å²) in [5.74, 6) is -4.13. The molecule has 0 radical (unpaired) electrons. The van der Waals surface area contributed by atoms with Crippen molar-refractivity contribution in [1.82, 2.24) is 21.3 Å². The van der Waals surface area contributed by atoms with Crippen LogP contribution in [0.4, 0.5) is 0 Å². The van der Waals surface area contributed by atoms with Gasteiger partial charge in [0.15, 0.2) is 0 Å². The number of benzene rings is 2. The number of esters is 1. The Hall–Kier alpha value is -4.18. The number of carbonyl (C=O) groups excluding carboxylic acids is 5. The van der Waals surface area contributed by atoms with Crippen molar-refractivity contribution in [2.24, 2.45) is 5.73 Å². The first-order valence-corrected chi connectivity index (χ1v) is 18.5. The number of carbonyl (C=O) groups is 5. The normalized spacial score (nSPS) is 17.9. The highest BCUT2D eigenvalue weighted by Gasteiger charge is 2.40. The van der Waals surface area contributed by atoms with Gasteiger partial charge in [-0.05, 0) is 45.9 Å². The van der Waals surface area contributed by atoms with Crippen LogP contribution < -0.4 is 27.0 Å². The smallest absolute Gasteiger partial charge is 0.334 e. The summed E-state index contributed by atoms with van der Waals surface area (Å²) in [4.78, 5) is 65.9. The van der Waals surface area contributed by atoms with E-state index >= 15 is 0 Å². The van der Waals surface area contributed by atoms with Crippen LogP contribution in [-0.2, 0) is 49.3 Å². The number of amides is 4. The zero-order valence-electron chi connectivity index (χ0n) is 29.6. The largest absolute Gasteiger partial charge is 0.508 e. The van der Waals surface area contributed by atoms with Gasteiger partial charge in [0.2, 0.25) is 23.6 Å². The fourth-order valence-corrected chi connectivity index (χ4v) is 5.68. The molecule has 5 atom stereocenters. The van der Waals surface area contributed by atoms with Crippen LogP contribution in [0.1, 0.15) is 29.9 Å². The molecule has 18 heteroatoms. The molecule has 0 spiro atoms. The first-order chi connectivity index (χ1) is 26.1. The van der Waals surface area contributed by atoms with Crippen molar-refractivity contribution >= 4 is 52.2 Å². The Morgan fingerprint density at radius 1 is 0.815 bits per heavy atom. The summed E-state index contributed by atoms with van der Waals surface area (Å²) in [6.07, 6.45) is 0.0961. The van der Waals surface area contributed by atoms with Gasteiger partial charge >= 0.3 is 5.97 Å². The van der Waals surface area contributed by atoms with Crippen LogP contribution in [0.25, 0.3) is 0 Å². The second-order valence-electron chi connectivity index (χ2n) is 12.1. The Balaban J connectivity index is 1.62. The van der Waals surface area contributed by atoms with E-state index in [1.807, 2.05) is 22.6 Å². The van der Waals surface area contributed by atoms with Crippen LogP contribution in [0.2, 0.25) is 0 Å². The summed E-state index contributed by atoms with van der Waals surface area (Å²) < 4.78 is 22.9. The predicted octanol–water partition coefficient (Wildman–Crippen LogP) is -0.736. The van der Waals surface area contributed by atoms with Gasteiger partial charge in [-0.1, -0.05) is 42.5 Å². The number of allylic oxidation sites excluding steroid dienone is 1. The minimum Gasteiger partial charge on any atom is -0.508 e. The van der Waals surface area contributed by atoms with E-state index in [0.717, 1.165) is 0 Å². The highest BCUT2D eigenvalue weighted by Crippen LogP contribution is 2.34. The SMILES string of the molecule is NCCOCCOCCOCCC(=O)NC(CO)C(=O)NC(CO)C(=O)NC(Cc1ccccc1)C(=O)NC1C(=O)O/C(=C/I)CC1c1ccc(O)cc1. The molecule has 1 aliphatic rings. The summed E-state index contributed by atoms with van der Waals surface area (Å²) in [5, 5.41) is 39.6. The van der Waals surface area contributed by atoms with E-state index < -0.39 is 72.9 Å². The van der Waals surface area contributed by atoms with Crippen molar-refractivity contribution in [3.8, 4) is 5.75 Å². The summed E-state index contributed by atoms with van der Waals surface area (Å²) in [6, 6.07) is 9.44. The first-order valence-electron chi connectivity index (χ1n) is 17.3. The number of aliphatic hydroxyl groups excluding tert-OH is 2. The number of nitrogens with one attached hydrogen (secondary N) is 4. The molecule has 1 fully saturated rings. The molecule has 54 heavy (non-hydrogen) atoms. The molecular weight excluding hydrogens is 821 g/mol. The molecule has 4 amide bonds. The molecule has 2 aromatic carbocycles. The number of aromatic hydroxyl groups is 1. The lowest BCUT2D eigenvalue weighted by atomic mass is 9.86. The molecule has 0 aliphatic carbocycles. The molecular formula is C36H48IN5O12. The van der Waals surface area contributed by atoms with Gasteiger partial charge in [-0.3, -0.25) is 19.2 Å². The lowest BCUT2D eigenvalue weighted by Gasteiger charge is -2.33. The predicted molar refractivity (Wildman–Crippen MR) is 202 cm³/mol. The van der Waals surface area contributed by atoms with Crippen LogP contribution in [0.5, 0.6) is 5.75 Å². The molecule has 3 rings (SSSR count). The summed E-state index contributed by atoms with van der Waals surface area (Å²) in [6.45, 7) is 0.413. The molecule has 9 N–H and O–H groups in total. The summed E-state index contributed by atoms with van der Waals surface area (Å²) in [5.41, 5.74) is 6.65. The number of hydrogen-bond donors (Lipinski definition) is 8. The molecule has 1 heterocycles. The molecule has 1 saturated heterocycles. The highest BCUT2D eigenvalue weighted by atomic mass is 127. The highest BCUT2D eigenvalue weighted by molar-refractivity contribution is 14.1. The molecule has 0 saturated carbocycles. The van der Waals surface area contributed by atoms with E-state index in [9.17, 15) is 39.3 Å². The topological polar surface area (TPSA) is 257 Å². The maximum absolute atomic E-state index is 13.9. The Bertz CT molecular complexity index is 1530. The quantitative estimate of drug-likeness (QED) is 0.0390. The van der Waals surface area contributed by atoms with E-state index in [-0.39, 0.29) is 44.8 Å². The van der Waals surface area contributed by atoms with Gasteiger partial charge in [-0.15, -0.1) is 0 Å². The molecule has 296 valence electrons. The van der Waals surface area contributed by atoms with Crippen LogP contribution in [0.3, 0.4) is 0 Å². The monoisotopic (exact) mass is 869 g/mol. The Labute approximate surface area is 326 Å². The van der Waals surface area contributed by atoms with Crippen molar-refractivity contribution in [2.75, 3.05) is 59.4 Å². The summed E-state index contributed by atoms with van der Waals surface area (Å²) in [7, 11) is 0. The Kier molecular flexibility index (Phi) is 19.9. The molecule has 0 bridgehead atoms. The van der Waals surface area contributed by atoms with Crippen molar-refractivity contribution in [2.45, 2.75) is 49.3 Å². The van der Waals surface area contributed by atoms with E-state index in [4.69, 9.17) is 24.7 Å². The van der Waals surface area contributed by atoms with E-state index in [1.54, 1.807) is 46.5 Å². The Morgan fingerprint density at radius 2 is 1.39 bits per heavy atom. The van der Waals surface area contributed by atoms with Gasteiger partial charge in [0, 0.05) is 35.8 Å². The third kappa shape index (κ3) is 14.9. The number of aliphatic hydroxyl groups is 2. The third-order valence-electron chi connectivity index (χ3n) is 8.09. The fourth-order valence-electron chi connectivity index (χ4n) is 5.29. The number of phenols is 1. The van der Waals surface area contributed by atoms with Crippen LogP contribution >= 0.6 is 22.6 Å². The zero-order valence-corrected chi connectivity index (χ0v) is 31.8. The van der Waals surface area contributed by atoms with Gasteiger partial charge in [0.25, 0.3) is 0 Å². The van der Waals surface area contributed by atoms with Gasteiger partial charge in [-0.25, -0.2) is 4.79 Å².